The molecular formula is C10H19NO3. The molecule has 1 aliphatic rings. The molecule has 0 bridgehead atoms. The molecule has 14 heavy (non-hydrogen) atoms. The quantitative estimate of drug-likeness (QED) is 0.712. The Morgan fingerprint density at radius 1 is 1.71 bits per heavy atom. The van der Waals surface area contributed by atoms with Gasteiger partial charge in [0.2, 0.25) is 0 Å². The largest absolute Gasteiger partial charge is 0.394 e. The molecule has 1 saturated heterocycles. The molecule has 0 spiro atoms. The Morgan fingerprint density at radius 3 is 2.79 bits per heavy atom. The first kappa shape index (κ1) is 11.5. The molecule has 3 unspecified atom stereocenters. The van der Waals surface area contributed by atoms with Crippen LogP contribution in [0, 0.1) is 5.92 Å². The van der Waals surface area contributed by atoms with E-state index < -0.39 is 0 Å². The standard InChI is InChI=1S/C10H19NO3/c1-7-4-5-14-9(7)10(13)11(3)8(2)6-12/h7-9,12H,4-6H2,1-3H3. The minimum absolute atomic E-state index is 0.0106. The molecule has 4 heteroatoms. The summed E-state index contributed by atoms with van der Waals surface area (Å²) in [6.45, 7) is 4.49. The number of amides is 1. The van der Waals surface area contributed by atoms with Gasteiger partial charge in [-0.15, -0.1) is 0 Å². The molecule has 0 saturated carbocycles. The highest BCUT2D eigenvalue weighted by Crippen LogP contribution is 2.22. The highest BCUT2D eigenvalue weighted by atomic mass is 16.5. The maximum absolute atomic E-state index is 11.8. The number of hydrogen-bond acceptors (Lipinski definition) is 3. The maximum atomic E-state index is 11.8. The van der Waals surface area contributed by atoms with Crippen molar-refractivity contribution in [1.29, 1.82) is 0 Å². The molecule has 1 aliphatic heterocycles. The average Bonchev–Trinajstić information content (AvgIpc) is 2.61. The Bertz CT molecular complexity index is 208. The van der Waals surface area contributed by atoms with Crippen LogP contribution in [0.4, 0.5) is 0 Å². The van der Waals surface area contributed by atoms with Crippen LogP contribution < -0.4 is 0 Å². The number of carbonyl (C=O) groups is 1. The second-order valence-electron chi connectivity index (χ2n) is 4.04. The number of aliphatic hydroxyl groups is 1. The Labute approximate surface area is 84.8 Å². The summed E-state index contributed by atoms with van der Waals surface area (Å²) in [5.41, 5.74) is 0. The number of carbonyl (C=O) groups excluding carboxylic acids is 1. The summed E-state index contributed by atoms with van der Waals surface area (Å²) in [7, 11) is 1.71. The second-order valence-corrected chi connectivity index (χ2v) is 4.04. The summed E-state index contributed by atoms with van der Waals surface area (Å²) < 4.78 is 5.37. The van der Waals surface area contributed by atoms with Crippen LogP contribution in [0.1, 0.15) is 20.3 Å². The van der Waals surface area contributed by atoms with E-state index >= 15 is 0 Å². The van der Waals surface area contributed by atoms with Crippen LogP contribution in [0.2, 0.25) is 0 Å². The van der Waals surface area contributed by atoms with Crippen molar-refractivity contribution < 1.29 is 14.6 Å². The number of nitrogens with zero attached hydrogens (tertiary/aromatic N) is 1. The van der Waals surface area contributed by atoms with Gasteiger partial charge in [-0.05, 0) is 19.3 Å². The zero-order chi connectivity index (χ0) is 10.7. The first-order valence-corrected chi connectivity index (χ1v) is 5.07. The molecule has 1 amide bonds. The summed E-state index contributed by atoms with van der Waals surface area (Å²) in [5.74, 6) is 0.271. The summed E-state index contributed by atoms with van der Waals surface area (Å²) in [6.07, 6.45) is 0.631. The fraction of sp³-hybridized carbons (Fsp3) is 0.900. The van der Waals surface area contributed by atoms with Crippen molar-refractivity contribution in [3.8, 4) is 0 Å². The van der Waals surface area contributed by atoms with Crippen LogP contribution in [0.3, 0.4) is 0 Å². The summed E-state index contributed by atoms with van der Waals surface area (Å²) in [6, 6.07) is -0.140. The predicted molar refractivity (Wildman–Crippen MR) is 52.8 cm³/mol. The molecule has 0 radical (unpaired) electrons. The third-order valence-corrected chi connectivity index (χ3v) is 2.90. The number of rotatable bonds is 3. The van der Waals surface area contributed by atoms with Crippen molar-refractivity contribution in [3.63, 3.8) is 0 Å². The van der Waals surface area contributed by atoms with Gasteiger partial charge in [0.1, 0.15) is 6.10 Å². The Hall–Kier alpha value is -0.610. The zero-order valence-corrected chi connectivity index (χ0v) is 9.06. The van der Waals surface area contributed by atoms with Crippen molar-refractivity contribution in [1.82, 2.24) is 4.90 Å². The van der Waals surface area contributed by atoms with Crippen LogP contribution in [0.25, 0.3) is 0 Å². The van der Waals surface area contributed by atoms with Crippen molar-refractivity contribution in [3.05, 3.63) is 0 Å². The topological polar surface area (TPSA) is 49.8 Å². The fourth-order valence-corrected chi connectivity index (χ4v) is 1.55. The lowest BCUT2D eigenvalue weighted by molar-refractivity contribution is -0.143. The minimum atomic E-state index is -0.311. The number of ether oxygens (including phenoxy) is 1. The van der Waals surface area contributed by atoms with Crippen LogP contribution in [0.15, 0.2) is 0 Å². The van der Waals surface area contributed by atoms with E-state index in [2.05, 4.69) is 0 Å². The predicted octanol–water partition coefficient (Wildman–Crippen LogP) is 0.251. The van der Waals surface area contributed by atoms with E-state index in [0.29, 0.717) is 6.61 Å². The van der Waals surface area contributed by atoms with E-state index in [4.69, 9.17) is 9.84 Å². The Morgan fingerprint density at radius 2 is 2.36 bits per heavy atom. The maximum Gasteiger partial charge on any atom is 0.252 e. The first-order chi connectivity index (χ1) is 6.57. The molecule has 3 atom stereocenters. The van der Waals surface area contributed by atoms with E-state index in [1.165, 1.54) is 0 Å². The average molecular weight is 201 g/mol. The Kier molecular flexibility index (Phi) is 3.89. The van der Waals surface area contributed by atoms with Crippen molar-refractivity contribution in [2.45, 2.75) is 32.4 Å². The molecule has 1 N–H and O–H groups in total. The van der Waals surface area contributed by atoms with Gasteiger partial charge >= 0.3 is 0 Å². The van der Waals surface area contributed by atoms with Crippen LogP contribution in [0.5, 0.6) is 0 Å². The summed E-state index contributed by atoms with van der Waals surface area (Å²) in [4.78, 5) is 13.4. The third kappa shape index (κ3) is 2.25. The van der Waals surface area contributed by atoms with Gasteiger partial charge in [0.25, 0.3) is 5.91 Å². The molecule has 1 heterocycles. The third-order valence-electron chi connectivity index (χ3n) is 2.90. The van der Waals surface area contributed by atoms with E-state index in [1.807, 2.05) is 13.8 Å². The zero-order valence-electron chi connectivity index (χ0n) is 9.06. The van der Waals surface area contributed by atoms with Gasteiger partial charge in [-0.25, -0.2) is 0 Å². The van der Waals surface area contributed by atoms with E-state index in [9.17, 15) is 4.79 Å². The first-order valence-electron chi connectivity index (χ1n) is 5.07. The van der Waals surface area contributed by atoms with Crippen LogP contribution in [-0.2, 0) is 9.53 Å². The molecule has 0 aromatic rings. The number of aliphatic hydroxyl groups excluding tert-OH is 1. The monoisotopic (exact) mass is 201 g/mol. The smallest absolute Gasteiger partial charge is 0.252 e. The lowest BCUT2D eigenvalue weighted by Crippen LogP contribution is -2.44. The molecule has 4 nitrogen and oxygen atoms in total. The summed E-state index contributed by atoms with van der Waals surface area (Å²) >= 11 is 0. The lowest BCUT2D eigenvalue weighted by Gasteiger charge is -2.27. The number of hydrogen-bond donors (Lipinski definition) is 1. The van der Waals surface area contributed by atoms with E-state index in [-0.39, 0.29) is 30.6 Å². The number of likely N-dealkylation sites (N-methyl/N-ethyl adjacent to an activating group) is 1. The Balaban J connectivity index is 2.55. The summed E-state index contributed by atoms with van der Waals surface area (Å²) in [5, 5.41) is 8.93. The highest BCUT2D eigenvalue weighted by molar-refractivity contribution is 5.81. The van der Waals surface area contributed by atoms with E-state index in [1.54, 1.807) is 11.9 Å². The second kappa shape index (κ2) is 4.75. The van der Waals surface area contributed by atoms with Crippen molar-refractivity contribution in [2.24, 2.45) is 5.92 Å². The van der Waals surface area contributed by atoms with Crippen LogP contribution in [-0.4, -0.2) is 48.3 Å². The minimum Gasteiger partial charge on any atom is -0.394 e. The molecule has 0 aliphatic carbocycles. The fourth-order valence-electron chi connectivity index (χ4n) is 1.55. The molecule has 0 aromatic carbocycles. The van der Waals surface area contributed by atoms with Crippen LogP contribution >= 0.6 is 0 Å². The SMILES string of the molecule is CC1CCOC1C(=O)N(C)C(C)CO. The molecule has 82 valence electrons. The molecule has 1 rings (SSSR count). The van der Waals surface area contributed by atoms with E-state index in [0.717, 1.165) is 6.42 Å². The van der Waals surface area contributed by atoms with Gasteiger partial charge < -0.3 is 14.7 Å². The van der Waals surface area contributed by atoms with Gasteiger partial charge in [-0.3, -0.25) is 4.79 Å². The van der Waals surface area contributed by atoms with Gasteiger partial charge in [0.05, 0.1) is 12.6 Å². The molecule has 0 aromatic heterocycles. The molecule has 1 fully saturated rings. The van der Waals surface area contributed by atoms with Gasteiger partial charge in [0.15, 0.2) is 0 Å². The van der Waals surface area contributed by atoms with Gasteiger partial charge in [0, 0.05) is 13.7 Å². The molecular weight excluding hydrogens is 182 g/mol. The van der Waals surface area contributed by atoms with Gasteiger partial charge in [-0.1, -0.05) is 6.92 Å². The van der Waals surface area contributed by atoms with Crippen molar-refractivity contribution in [2.75, 3.05) is 20.3 Å². The van der Waals surface area contributed by atoms with Crippen molar-refractivity contribution >= 4 is 5.91 Å². The van der Waals surface area contributed by atoms with Gasteiger partial charge in [-0.2, -0.15) is 0 Å². The normalized spacial score (nSPS) is 28.9. The lowest BCUT2D eigenvalue weighted by atomic mass is 10.0. The highest BCUT2D eigenvalue weighted by Gasteiger charge is 2.33.